The predicted molar refractivity (Wildman–Crippen MR) is 219 cm³/mol. The molecule has 0 saturated heterocycles. The first-order valence-electron chi connectivity index (χ1n) is 21.9. The zero-order valence-electron chi connectivity index (χ0n) is 35.0. The molecule has 0 spiro atoms. The van der Waals surface area contributed by atoms with E-state index in [2.05, 4.69) is 43.1 Å². The van der Waals surface area contributed by atoms with E-state index < -0.39 is 18.1 Å². The number of Topliss-reactive ketones (excluding diaryl/α,β-unsaturated/α-hetero) is 2. The fourth-order valence-electron chi connectivity index (χ4n) is 6.40. The number of hydrogen-bond acceptors (Lipinski definition) is 6. The van der Waals surface area contributed by atoms with Gasteiger partial charge in [0.15, 0.2) is 23.7 Å². The Bertz CT molecular complexity index is 853. The van der Waals surface area contributed by atoms with Gasteiger partial charge in [-0.2, -0.15) is 0 Å². The van der Waals surface area contributed by atoms with Crippen molar-refractivity contribution in [3.63, 3.8) is 0 Å². The second-order valence-corrected chi connectivity index (χ2v) is 15.2. The van der Waals surface area contributed by atoms with Crippen molar-refractivity contribution in [1.29, 1.82) is 0 Å². The Morgan fingerprint density at radius 3 is 1.25 bits per heavy atom. The molecule has 0 radical (unpaired) electrons. The van der Waals surface area contributed by atoms with Crippen LogP contribution in [0, 0.1) is 0 Å². The zero-order chi connectivity index (χ0) is 38.9. The summed E-state index contributed by atoms with van der Waals surface area (Å²) < 4.78 is 0. The standard InChI is InChI=1S/C43H82N2O3.C2H4O2/c1-5-7-9-11-13-15-17-19-21-23-25-27-29-31-33-36-40(46)42(44-38-35-39-45(3)4)43(48)41(47)37-34-32-30-28-26-24-22-20-18-16-14-12-10-8-6-2;1-2(3)4/h19-22,42-44,48H,5-18,23-39H2,1-4H3;1H3,(H,3,4)/b21-19-,22-20-;. The Morgan fingerprint density at radius 2 is 0.885 bits per heavy atom. The predicted octanol–water partition coefficient (Wildman–Crippen LogP) is 9.20. The summed E-state index contributed by atoms with van der Waals surface area (Å²) in [4.78, 5) is 37.1. The average Bonchev–Trinajstić information content (AvgIpc) is 3.10. The molecule has 0 aromatic heterocycles. The van der Waals surface area contributed by atoms with Crippen LogP contribution >= 0.6 is 0 Å². The second kappa shape index (κ2) is 41.9. The van der Waals surface area contributed by atoms with E-state index in [-0.39, 0.29) is 11.6 Å². The number of carbonyl (C=O) groups excluding carboxylic acids is 3. The lowest BCUT2D eigenvalue weighted by molar-refractivity contribution is -0.681. The van der Waals surface area contributed by atoms with E-state index in [0.717, 1.165) is 77.8 Å². The van der Waals surface area contributed by atoms with Gasteiger partial charge in [0.1, 0.15) is 0 Å². The van der Waals surface area contributed by atoms with Gasteiger partial charge in [0.05, 0.1) is 6.54 Å². The Balaban J connectivity index is 0. The lowest BCUT2D eigenvalue weighted by Gasteiger charge is -2.20. The smallest absolute Gasteiger partial charge is 0.193 e. The molecule has 0 saturated carbocycles. The van der Waals surface area contributed by atoms with Crippen LogP contribution < -0.4 is 10.4 Å². The number of carboxylic acids is 1. The van der Waals surface area contributed by atoms with Crippen LogP contribution in [0.1, 0.15) is 207 Å². The first-order valence-corrected chi connectivity index (χ1v) is 21.9. The minimum Gasteiger partial charge on any atom is -0.550 e. The number of aliphatic hydroxyl groups is 1. The molecule has 52 heavy (non-hydrogen) atoms. The second-order valence-electron chi connectivity index (χ2n) is 15.2. The van der Waals surface area contributed by atoms with Gasteiger partial charge in [-0.3, -0.25) is 9.59 Å². The molecular weight excluding hydrogens is 649 g/mol. The van der Waals surface area contributed by atoms with Crippen LogP contribution in [-0.4, -0.2) is 66.9 Å². The number of aliphatic hydroxyl groups excluding tert-OH is 1. The van der Waals surface area contributed by atoms with Crippen molar-refractivity contribution in [2.24, 2.45) is 0 Å². The first kappa shape index (κ1) is 52.3. The third-order valence-corrected chi connectivity index (χ3v) is 9.64. The highest BCUT2D eigenvalue weighted by Gasteiger charge is 2.34. The highest BCUT2D eigenvalue weighted by Crippen LogP contribution is 2.13. The molecule has 0 aromatic rings. The third kappa shape index (κ3) is 40.9. The van der Waals surface area contributed by atoms with Crippen molar-refractivity contribution < 1.29 is 29.9 Å². The number of nitrogens with two attached hydrogens (primary N) is 1. The summed E-state index contributed by atoms with van der Waals surface area (Å²) in [5.41, 5.74) is 0. The van der Waals surface area contributed by atoms with Crippen LogP contribution in [0.3, 0.4) is 0 Å². The van der Waals surface area contributed by atoms with Gasteiger partial charge >= 0.3 is 0 Å². The topological polar surface area (TPSA) is 114 Å². The normalized spacial score (nSPS) is 12.8. The van der Waals surface area contributed by atoms with Crippen molar-refractivity contribution in [2.45, 2.75) is 219 Å². The van der Waals surface area contributed by atoms with Gasteiger partial charge in [-0.1, -0.05) is 141 Å². The van der Waals surface area contributed by atoms with E-state index in [0.29, 0.717) is 12.8 Å². The van der Waals surface area contributed by atoms with Gasteiger partial charge in [0.25, 0.3) is 0 Å². The van der Waals surface area contributed by atoms with Crippen LogP contribution in [0.2, 0.25) is 0 Å². The van der Waals surface area contributed by atoms with Crippen LogP contribution in [0.15, 0.2) is 24.3 Å². The quantitative estimate of drug-likeness (QED) is 0.0483. The van der Waals surface area contributed by atoms with Crippen molar-refractivity contribution in [1.82, 2.24) is 4.90 Å². The Hall–Kier alpha value is -1.83. The summed E-state index contributed by atoms with van der Waals surface area (Å²) in [6.07, 6.45) is 41.8. The highest BCUT2D eigenvalue weighted by molar-refractivity contribution is 5.92. The van der Waals surface area contributed by atoms with E-state index in [1.807, 2.05) is 19.4 Å². The fourth-order valence-corrected chi connectivity index (χ4v) is 6.40. The van der Waals surface area contributed by atoms with E-state index in [9.17, 15) is 14.7 Å². The number of nitrogens with zero attached hydrogens (tertiary/aromatic N) is 1. The number of allylic oxidation sites excluding steroid dienone is 4. The van der Waals surface area contributed by atoms with Gasteiger partial charge < -0.3 is 25.2 Å². The lowest BCUT2D eigenvalue weighted by Crippen LogP contribution is -2.95. The maximum atomic E-state index is 13.2. The molecule has 0 aliphatic carbocycles. The lowest BCUT2D eigenvalue weighted by atomic mass is 9.95. The van der Waals surface area contributed by atoms with Gasteiger partial charge in [-0.05, 0) is 85.2 Å². The number of rotatable bonds is 38. The molecule has 2 atom stereocenters. The Morgan fingerprint density at radius 1 is 0.558 bits per heavy atom. The summed E-state index contributed by atoms with van der Waals surface area (Å²) in [7, 11) is 4.09. The fraction of sp³-hybridized carbons (Fsp3) is 0.844. The van der Waals surface area contributed by atoms with Gasteiger partial charge in [-0.15, -0.1) is 0 Å². The molecule has 7 nitrogen and oxygen atoms in total. The molecule has 0 bridgehead atoms. The molecule has 0 heterocycles. The van der Waals surface area contributed by atoms with E-state index >= 15 is 0 Å². The summed E-state index contributed by atoms with van der Waals surface area (Å²) >= 11 is 0. The highest BCUT2D eigenvalue weighted by atomic mass is 16.4. The molecule has 2 unspecified atom stereocenters. The SMILES string of the molecule is CC(=O)[O-].CCCCCCCC/C=C\CCCCCCCC(=O)C(O)C([NH2+]CCCN(C)C)C(=O)CCCCCCC/C=C\CCCCCCCC. The van der Waals surface area contributed by atoms with Crippen molar-refractivity contribution in [2.75, 3.05) is 27.2 Å². The molecule has 0 amide bonds. The minimum absolute atomic E-state index is 0.0443. The van der Waals surface area contributed by atoms with Crippen molar-refractivity contribution in [3.05, 3.63) is 24.3 Å². The molecule has 0 aliphatic heterocycles. The summed E-state index contributed by atoms with van der Waals surface area (Å²) in [6, 6.07) is -0.653. The third-order valence-electron chi connectivity index (χ3n) is 9.64. The average molecular weight is 735 g/mol. The monoisotopic (exact) mass is 735 g/mol. The maximum absolute atomic E-state index is 13.2. The number of carboxylic acid groups (broad SMARTS) is 1. The van der Waals surface area contributed by atoms with Crippen LogP contribution in [-0.2, 0) is 14.4 Å². The summed E-state index contributed by atoms with van der Waals surface area (Å²) in [6.45, 7) is 7.19. The van der Waals surface area contributed by atoms with E-state index in [1.165, 1.54) is 116 Å². The first-order chi connectivity index (χ1) is 25.2. The van der Waals surface area contributed by atoms with Gasteiger partial charge in [0.2, 0.25) is 0 Å². The number of unbranched alkanes of at least 4 members (excludes halogenated alkanes) is 22. The maximum Gasteiger partial charge on any atom is 0.193 e. The number of quaternary nitrogens is 1. The van der Waals surface area contributed by atoms with Crippen molar-refractivity contribution in [3.8, 4) is 0 Å². The molecule has 0 aliphatic rings. The Kier molecular flexibility index (Phi) is 42.1. The number of hydrogen-bond donors (Lipinski definition) is 2. The molecule has 3 N–H and O–H groups in total. The molecular formula is C45H86N2O5. The number of carbonyl (C=O) groups is 3. The minimum atomic E-state index is -1.18. The molecule has 0 aromatic carbocycles. The van der Waals surface area contributed by atoms with E-state index in [1.54, 1.807) is 0 Å². The number of aliphatic carboxylic acids is 1. The van der Waals surface area contributed by atoms with Crippen LogP contribution in [0.5, 0.6) is 0 Å². The molecule has 0 fully saturated rings. The van der Waals surface area contributed by atoms with E-state index in [4.69, 9.17) is 9.90 Å². The largest absolute Gasteiger partial charge is 0.550 e. The van der Waals surface area contributed by atoms with Gasteiger partial charge in [0, 0.05) is 31.8 Å². The molecule has 7 heteroatoms. The molecule has 0 rings (SSSR count). The zero-order valence-corrected chi connectivity index (χ0v) is 35.0. The Labute approximate surface area is 322 Å². The van der Waals surface area contributed by atoms with Gasteiger partial charge in [-0.25, -0.2) is 0 Å². The van der Waals surface area contributed by atoms with Crippen LogP contribution in [0.4, 0.5) is 0 Å². The summed E-state index contributed by atoms with van der Waals surface area (Å²) in [5.74, 6) is -1.19. The summed E-state index contributed by atoms with van der Waals surface area (Å²) in [5, 5.41) is 21.8. The van der Waals surface area contributed by atoms with Crippen molar-refractivity contribution >= 4 is 17.5 Å². The number of ketones is 2. The molecule has 306 valence electrons. The van der Waals surface area contributed by atoms with Crippen LogP contribution in [0.25, 0.3) is 0 Å².